The molecule has 3 heterocycles. The highest BCUT2D eigenvalue weighted by molar-refractivity contribution is 7.89. The first-order chi connectivity index (χ1) is 14.1. The van der Waals surface area contributed by atoms with E-state index in [9.17, 15) is 8.42 Å². The fourth-order valence-corrected chi connectivity index (χ4v) is 5.65. The van der Waals surface area contributed by atoms with Gasteiger partial charge in [-0.15, -0.1) is 10.2 Å². The lowest BCUT2D eigenvalue weighted by atomic mass is 10.2. The number of anilines is 1. The van der Waals surface area contributed by atoms with E-state index < -0.39 is 10.0 Å². The zero-order valence-corrected chi connectivity index (χ0v) is 17.0. The van der Waals surface area contributed by atoms with Crippen molar-refractivity contribution in [1.82, 2.24) is 23.9 Å². The average Bonchev–Trinajstić information content (AvgIpc) is 3.51. The highest BCUT2D eigenvalue weighted by atomic mass is 32.2. The van der Waals surface area contributed by atoms with Gasteiger partial charge in [0.25, 0.3) is 0 Å². The monoisotopic (exact) mass is 412 g/mol. The summed E-state index contributed by atoms with van der Waals surface area (Å²) in [6.07, 6.45) is 8.82. The van der Waals surface area contributed by atoms with Gasteiger partial charge in [-0.2, -0.15) is 4.31 Å². The highest BCUT2D eigenvalue weighted by Gasteiger charge is 2.30. The molecule has 2 fully saturated rings. The van der Waals surface area contributed by atoms with E-state index in [2.05, 4.69) is 20.5 Å². The van der Waals surface area contributed by atoms with Gasteiger partial charge in [0.15, 0.2) is 5.82 Å². The Morgan fingerprint density at radius 1 is 1.07 bits per heavy atom. The molecule has 1 aliphatic carbocycles. The summed E-state index contributed by atoms with van der Waals surface area (Å²) in [5.74, 6) is 2.06. The Bertz CT molecular complexity index is 1130. The molecule has 1 aromatic carbocycles. The number of nitrogens with one attached hydrogen (secondary N) is 1. The van der Waals surface area contributed by atoms with Crippen LogP contribution in [-0.2, 0) is 16.6 Å². The van der Waals surface area contributed by atoms with E-state index in [-0.39, 0.29) is 0 Å². The van der Waals surface area contributed by atoms with E-state index in [1.807, 2.05) is 22.7 Å². The molecule has 0 spiro atoms. The van der Waals surface area contributed by atoms with Crippen LogP contribution in [0.2, 0.25) is 0 Å². The Morgan fingerprint density at radius 2 is 1.86 bits per heavy atom. The highest BCUT2D eigenvalue weighted by Crippen LogP contribution is 2.39. The second kappa shape index (κ2) is 7.38. The van der Waals surface area contributed by atoms with Crippen LogP contribution < -0.4 is 5.32 Å². The Kier molecular flexibility index (Phi) is 4.71. The molecular weight excluding hydrogens is 388 g/mol. The summed E-state index contributed by atoms with van der Waals surface area (Å²) < 4.78 is 29.9. The predicted molar refractivity (Wildman–Crippen MR) is 109 cm³/mol. The summed E-state index contributed by atoms with van der Waals surface area (Å²) in [6.45, 7) is 1.53. The van der Waals surface area contributed by atoms with Gasteiger partial charge in [-0.1, -0.05) is 24.6 Å². The minimum absolute atomic E-state index is 0.349. The van der Waals surface area contributed by atoms with Crippen LogP contribution in [0.5, 0.6) is 0 Å². The molecule has 0 radical (unpaired) electrons. The quantitative estimate of drug-likeness (QED) is 0.669. The molecule has 0 unspecified atom stereocenters. The summed E-state index contributed by atoms with van der Waals surface area (Å²) in [4.78, 5) is 4.76. The number of nitrogens with zero attached hydrogens (tertiary/aromatic N) is 5. The lowest BCUT2D eigenvalue weighted by Gasteiger charge is -2.26. The van der Waals surface area contributed by atoms with Crippen molar-refractivity contribution in [2.45, 2.75) is 49.5 Å². The van der Waals surface area contributed by atoms with Gasteiger partial charge in [0.2, 0.25) is 15.7 Å². The smallest absolute Gasteiger partial charge is 0.243 e. The van der Waals surface area contributed by atoms with E-state index in [1.165, 1.54) is 0 Å². The number of aromatic nitrogens is 4. The van der Waals surface area contributed by atoms with Crippen molar-refractivity contribution in [3.05, 3.63) is 48.0 Å². The molecule has 0 bridgehead atoms. The van der Waals surface area contributed by atoms with Crippen LogP contribution in [-0.4, -0.2) is 45.4 Å². The first-order valence-electron chi connectivity index (χ1n) is 10.2. The topological polar surface area (TPSA) is 92.5 Å². The van der Waals surface area contributed by atoms with Gasteiger partial charge >= 0.3 is 0 Å². The van der Waals surface area contributed by atoms with Crippen molar-refractivity contribution >= 4 is 21.5 Å². The summed E-state index contributed by atoms with van der Waals surface area (Å²) in [6, 6.07) is 7.18. The molecule has 0 atom stereocenters. The third-order valence-corrected chi connectivity index (χ3v) is 7.65. The molecule has 1 aliphatic heterocycles. The van der Waals surface area contributed by atoms with Gasteiger partial charge in [-0.05, 0) is 37.3 Å². The summed E-state index contributed by atoms with van der Waals surface area (Å²) in [5.41, 5.74) is 1.40. The molecule has 29 heavy (non-hydrogen) atoms. The third-order valence-electron chi connectivity index (χ3n) is 5.65. The fourth-order valence-electron chi connectivity index (χ4n) is 3.91. The molecule has 152 valence electrons. The van der Waals surface area contributed by atoms with E-state index in [1.54, 1.807) is 22.6 Å². The van der Waals surface area contributed by atoms with Crippen molar-refractivity contribution in [2.24, 2.45) is 0 Å². The van der Waals surface area contributed by atoms with Gasteiger partial charge < -0.3 is 5.32 Å². The number of fused-ring (bicyclic) bond motifs is 1. The Hall–Kier alpha value is -2.52. The molecule has 1 N–H and O–H groups in total. The molecule has 1 saturated heterocycles. The van der Waals surface area contributed by atoms with Crippen molar-refractivity contribution in [2.75, 3.05) is 18.4 Å². The molecule has 1 saturated carbocycles. The van der Waals surface area contributed by atoms with Crippen LogP contribution in [0.3, 0.4) is 0 Å². The Balaban J connectivity index is 1.41. The number of hydrogen-bond donors (Lipinski definition) is 1. The van der Waals surface area contributed by atoms with Gasteiger partial charge in [0, 0.05) is 37.9 Å². The van der Waals surface area contributed by atoms with E-state index in [0.717, 1.165) is 43.5 Å². The molecule has 8 nitrogen and oxygen atoms in total. The van der Waals surface area contributed by atoms with Crippen LogP contribution >= 0.6 is 0 Å². The maximum Gasteiger partial charge on any atom is 0.243 e. The molecule has 9 heteroatoms. The Morgan fingerprint density at radius 3 is 2.66 bits per heavy atom. The third kappa shape index (κ3) is 3.49. The maximum absolute atomic E-state index is 13.2. The second-order valence-corrected chi connectivity index (χ2v) is 9.63. The SMILES string of the molecule is O=S(=O)(c1ccccc1CNc1nccn2c(C3CC3)nnc12)N1CCCCC1. The van der Waals surface area contributed by atoms with Crippen LogP contribution in [0.15, 0.2) is 41.6 Å². The van der Waals surface area contributed by atoms with Crippen LogP contribution in [0.1, 0.15) is 49.4 Å². The zero-order chi connectivity index (χ0) is 19.8. The standard InChI is InChI=1S/C20H24N6O2S/c27-29(28,25-11-4-1-5-12-25)17-7-3-2-6-16(17)14-22-18-20-24-23-19(15-8-9-15)26(20)13-10-21-18/h2-3,6-7,10,13,15H,1,4-5,8-9,11-12,14H2,(H,21,22). The summed E-state index contributed by atoms with van der Waals surface area (Å²) >= 11 is 0. The number of hydrogen-bond acceptors (Lipinski definition) is 6. The maximum atomic E-state index is 13.2. The zero-order valence-electron chi connectivity index (χ0n) is 16.2. The summed E-state index contributed by atoms with van der Waals surface area (Å²) in [5, 5.41) is 11.9. The lowest BCUT2D eigenvalue weighted by molar-refractivity contribution is 0.346. The van der Waals surface area contributed by atoms with Gasteiger partial charge in [0.1, 0.15) is 5.82 Å². The van der Waals surface area contributed by atoms with Gasteiger partial charge in [0.05, 0.1) is 4.90 Å². The largest absolute Gasteiger partial charge is 0.363 e. The number of sulfonamides is 1. The first-order valence-corrected chi connectivity index (χ1v) is 11.6. The first kappa shape index (κ1) is 18.5. The lowest BCUT2D eigenvalue weighted by Crippen LogP contribution is -2.36. The molecule has 2 aliphatic rings. The van der Waals surface area contributed by atoms with Crippen LogP contribution in [0, 0.1) is 0 Å². The van der Waals surface area contributed by atoms with E-state index >= 15 is 0 Å². The summed E-state index contributed by atoms with van der Waals surface area (Å²) in [7, 11) is -3.50. The van der Waals surface area contributed by atoms with Crippen molar-refractivity contribution < 1.29 is 8.42 Å². The number of benzene rings is 1. The minimum Gasteiger partial charge on any atom is -0.363 e. The second-order valence-electron chi connectivity index (χ2n) is 7.73. The average molecular weight is 413 g/mol. The van der Waals surface area contributed by atoms with Crippen molar-refractivity contribution in [3.63, 3.8) is 0 Å². The number of piperidine rings is 1. The minimum atomic E-state index is -3.50. The van der Waals surface area contributed by atoms with Crippen LogP contribution in [0.25, 0.3) is 5.65 Å². The van der Waals surface area contributed by atoms with E-state index in [4.69, 9.17) is 0 Å². The molecule has 2 aromatic heterocycles. The van der Waals surface area contributed by atoms with Gasteiger partial charge in [-0.3, -0.25) is 4.40 Å². The number of rotatable bonds is 6. The predicted octanol–water partition coefficient (Wildman–Crippen LogP) is 2.79. The molecule has 5 rings (SSSR count). The molecular formula is C20H24N6O2S. The molecule has 0 amide bonds. The van der Waals surface area contributed by atoms with E-state index in [0.29, 0.717) is 41.9 Å². The normalized spacial score (nSPS) is 18.2. The van der Waals surface area contributed by atoms with Crippen molar-refractivity contribution in [3.8, 4) is 0 Å². The molecule has 3 aromatic rings. The Labute approximate surface area is 170 Å². The van der Waals surface area contributed by atoms with Crippen LogP contribution in [0.4, 0.5) is 5.82 Å². The fraction of sp³-hybridized carbons (Fsp3) is 0.450. The van der Waals surface area contributed by atoms with Gasteiger partial charge in [-0.25, -0.2) is 13.4 Å². The van der Waals surface area contributed by atoms with Crippen molar-refractivity contribution in [1.29, 1.82) is 0 Å².